The van der Waals surface area contributed by atoms with E-state index in [0.717, 1.165) is 44.6 Å². The Morgan fingerprint density at radius 3 is 2.23 bits per heavy atom. The van der Waals surface area contributed by atoms with Crippen molar-refractivity contribution in [3.05, 3.63) is 34.9 Å². The Morgan fingerprint density at radius 1 is 1.00 bits per heavy atom. The summed E-state index contributed by atoms with van der Waals surface area (Å²) in [5, 5.41) is 3.72. The second-order valence-corrected chi connectivity index (χ2v) is 7.51. The van der Waals surface area contributed by atoms with Crippen LogP contribution in [0.5, 0.6) is 0 Å². The first kappa shape index (κ1) is 19.0. The van der Waals surface area contributed by atoms with Crippen LogP contribution in [0.4, 0.5) is 4.79 Å². The van der Waals surface area contributed by atoms with Gasteiger partial charge in [0.1, 0.15) is 0 Å². The summed E-state index contributed by atoms with van der Waals surface area (Å²) in [5.41, 5.74) is 1.03. The lowest BCUT2D eigenvalue weighted by molar-refractivity contribution is -0.131. The SMILES string of the molecule is CC(NC(=O)N1CCN(CC(=O)N2CCCC2)CC1)c1ccc(Cl)cc1. The molecule has 7 heteroatoms. The summed E-state index contributed by atoms with van der Waals surface area (Å²) in [4.78, 5) is 30.6. The van der Waals surface area contributed by atoms with E-state index in [4.69, 9.17) is 11.6 Å². The minimum Gasteiger partial charge on any atom is -0.342 e. The summed E-state index contributed by atoms with van der Waals surface area (Å²) in [7, 11) is 0. The van der Waals surface area contributed by atoms with Crippen LogP contribution in [0.15, 0.2) is 24.3 Å². The minimum absolute atomic E-state index is 0.0574. The largest absolute Gasteiger partial charge is 0.342 e. The number of piperazine rings is 1. The summed E-state index contributed by atoms with van der Waals surface area (Å²) in [6.45, 7) is 6.99. The first-order valence-electron chi connectivity index (χ1n) is 9.34. The fourth-order valence-corrected chi connectivity index (χ4v) is 3.60. The maximum absolute atomic E-state index is 12.5. The van der Waals surface area contributed by atoms with Crippen LogP contribution in [0.3, 0.4) is 0 Å². The van der Waals surface area contributed by atoms with Gasteiger partial charge >= 0.3 is 6.03 Å². The van der Waals surface area contributed by atoms with E-state index < -0.39 is 0 Å². The Bertz CT molecular complexity index is 623. The number of nitrogens with one attached hydrogen (secondary N) is 1. The number of rotatable bonds is 4. The van der Waals surface area contributed by atoms with Gasteiger partial charge < -0.3 is 15.1 Å². The predicted molar refractivity (Wildman–Crippen MR) is 102 cm³/mol. The molecule has 6 nitrogen and oxygen atoms in total. The van der Waals surface area contributed by atoms with Gasteiger partial charge in [-0.3, -0.25) is 9.69 Å². The molecule has 0 aliphatic carbocycles. The average Bonchev–Trinajstić information content (AvgIpc) is 3.17. The molecule has 0 spiro atoms. The van der Waals surface area contributed by atoms with Crippen LogP contribution in [0.25, 0.3) is 0 Å². The van der Waals surface area contributed by atoms with E-state index in [2.05, 4.69) is 10.2 Å². The molecule has 1 atom stereocenters. The molecule has 142 valence electrons. The van der Waals surface area contributed by atoms with Gasteiger partial charge in [0.15, 0.2) is 0 Å². The van der Waals surface area contributed by atoms with E-state index in [1.165, 1.54) is 0 Å². The molecule has 0 aromatic heterocycles. The van der Waals surface area contributed by atoms with Crippen molar-refractivity contribution in [3.8, 4) is 0 Å². The standard InChI is InChI=1S/C19H27ClN4O2/c1-15(16-4-6-17(20)7-5-16)21-19(26)24-12-10-22(11-13-24)14-18(25)23-8-2-3-9-23/h4-7,15H,2-3,8-14H2,1H3,(H,21,26). The minimum atomic E-state index is -0.0745. The zero-order valence-corrected chi connectivity index (χ0v) is 16.0. The third-order valence-electron chi connectivity index (χ3n) is 5.19. The van der Waals surface area contributed by atoms with Crippen LogP contribution < -0.4 is 5.32 Å². The van der Waals surface area contributed by atoms with Crippen molar-refractivity contribution >= 4 is 23.5 Å². The zero-order valence-electron chi connectivity index (χ0n) is 15.3. The van der Waals surface area contributed by atoms with Crippen LogP contribution in [0.2, 0.25) is 5.02 Å². The van der Waals surface area contributed by atoms with Crippen molar-refractivity contribution in [2.45, 2.75) is 25.8 Å². The van der Waals surface area contributed by atoms with Crippen molar-refractivity contribution in [3.63, 3.8) is 0 Å². The number of nitrogens with zero attached hydrogens (tertiary/aromatic N) is 3. The zero-order chi connectivity index (χ0) is 18.5. The molecular formula is C19H27ClN4O2. The monoisotopic (exact) mass is 378 g/mol. The third-order valence-corrected chi connectivity index (χ3v) is 5.44. The number of carbonyl (C=O) groups is 2. The Balaban J connectivity index is 1.43. The molecule has 0 saturated carbocycles. The summed E-state index contributed by atoms with van der Waals surface area (Å²) in [5.74, 6) is 0.219. The van der Waals surface area contributed by atoms with Gasteiger partial charge in [0, 0.05) is 44.3 Å². The molecule has 1 aromatic carbocycles. The lowest BCUT2D eigenvalue weighted by Gasteiger charge is -2.35. The quantitative estimate of drug-likeness (QED) is 0.875. The average molecular weight is 379 g/mol. The van der Waals surface area contributed by atoms with Crippen molar-refractivity contribution in [2.75, 3.05) is 45.8 Å². The van der Waals surface area contributed by atoms with Gasteiger partial charge in [0.2, 0.25) is 5.91 Å². The molecule has 2 heterocycles. The van der Waals surface area contributed by atoms with E-state index in [1.807, 2.05) is 41.0 Å². The van der Waals surface area contributed by atoms with Gasteiger partial charge in [0.05, 0.1) is 12.6 Å². The molecule has 0 radical (unpaired) electrons. The van der Waals surface area contributed by atoms with E-state index in [-0.39, 0.29) is 18.0 Å². The molecule has 26 heavy (non-hydrogen) atoms. The lowest BCUT2D eigenvalue weighted by atomic mass is 10.1. The highest BCUT2D eigenvalue weighted by Crippen LogP contribution is 2.16. The van der Waals surface area contributed by atoms with Crippen LogP contribution in [0, 0.1) is 0 Å². The van der Waals surface area contributed by atoms with Crippen molar-refractivity contribution < 1.29 is 9.59 Å². The molecule has 3 amide bonds. The number of benzene rings is 1. The van der Waals surface area contributed by atoms with Crippen LogP contribution in [-0.2, 0) is 4.79 Å². The number of hydrogen-bond acceptors (Lipinski definition) is 3. The predicted octanol–water partition coefficient (Wildman–Crippen LogP) is 2.35. The fourth-order valence-electron chi connectivity index (χ4n) is 3.48. The van der Waals surface area contributed by atoms with Crippen LogP contribution >= 0.6 is 11.6 Å². The van der Waals surface area contributed by atoms with Gasteiger partial charge in [-0.25, -0.2) is 4.79 Å². The molecule has 2 saturated heterocycles. The molecule has 2 aliphatic rings. The van der Waals surface area contributed by atoms with E-state index >= 15 is 0 Å². The Hall–Kier alpha value is -1.79. The second-order valence-electron chi connectivity index (χ2n) is 7.07. The van der Waals surface area contributed by atoms with E-state index in [9.17, 15) is 9.59 Å². The van der Waals surface area contributed by atoms with Crippen LogP contribution in [-0.4, -0.2) is 72.5 Å². The highest BCUT2D eigenvalue weighted by atomic mass is 35.5. The van der Waals surface area contributed by atoms with Crippen molar-refractivity contribution in [1.82, 2.24) is 20.0 Å². The first-order chi connectivity index (χ1) is 12.5. The van der Waals surface area contributed by atoms with E-state index in [0.29, 0.717) is 24.7 Å². The molecule has 2 fully saturated rings. The second kappa shape index (κ2) is 8.73. The van der Waals surface area contributed by atoms with Gasteiger partial charge in [-0.05, 0) is 37.5 Å². The summed E-state index contributed by atoms with van der Waals surface area (Å²) in [6.07, 6.45) is 2.23. The summed E-state index contributed by atoms with van der Waals surface area (Å²) < 4.78 is 0. The lowest BCUT2D eigenvalue weighted by Crippen LogP contribution is -2.53. The third kappa shape index (κ3) is 4.89. The Morgan fingerprint density at radius 2 is 1.62 bits per heavy atom. The Labute approximate surface area is 160 Å². The molecule has 1 unspecified atom stereocenters. The number of likely N-dealkylation sites (tertiary alicyclic amines) is 1. The van der Waals surface area contributed by atoms with Gasteiger partial charge in [-0.2, -0.15) is 0 Å². The summed E-state index contributed by atoms with van der Waals surface area (Å²) >= 11 is 5.91. The number of urea groups is 1. The van der Waals surface area contributed by atoms with Crippen molar-refractivity contribution in [2.24, 2.45) is 0 Å². The highest BCUT2D eigenvalue weighted by Gasteiger charge is 2.25. The maximum Gasteiger partial charge on any atom is 0.317 e. The first-order valence-corrected chi connectivity index (χ1v) is 9.72. The highest BCUT2D eigenvalue weighted by molar-refractivity contribution is 6.30. The summed E-state index contributed by atoms with van der Waals surface area (Å²) in [6, 6.07) is 7.38. The molecule has 1 N–H and O–H groups in total. The molecule has 2 aliphatic heterocycles. The van der Waals surface area contributed by atoms with Crippen LogP contribution in [0.1, 0.15) is 31.4 Å². The van der Waals surface area contributed by atoms with Gasteiger partial charge in [0.25, 0.3) is 0 Å². The topological polar surface area (TPSA) is 55.9 Å². The number of hydrogen-bond donors (Lipinski definition) is 1. The Kier molecular flexibility index (Phi) is 6.38. The number of halogens is 1. The maximum atomic E-state index is 12.5. The molecule has 0 bridgehead atoms. The van der Waals surface area contributed by atoms with Crippen molar-refractivity contribution in [1.29, 1.82) is 0 Å². The smallest absolute Gasteiger partial charge is 0.317 e. The molecular weight excluding hydrogens is 352 g/mol. The van der Waals surface area contributed by atoms with Gasteiger partial charge in [-0.15, -0.1) is 0 Å². The molecule has 1 aromatic rings. The fraction of sp³-hybridized carbons (Fsp3) is 0.579. The van der Waals surface area contributed by atoms with E-state index in [1.54, 1.807) is 0 Å². The van der Waals surface area contributed by atoms with Gasteiger partial charge in [-0.1, -0.05) is 23.7 Å². The molecule has 3 rings (SSSR count). The number of carbonyl (C=O) groups excluding carboxylic acids is 2. The normalized spacial score (nSPS) is 19.5. The number of amides is 3.